The molecule has 100 valence electrons. The molecule has 0 bridgehead atoms. The van der Waals surface area contributed by atoms with E-state index < -0.39 is 0 Å². The van der Waals surface area contributed by atoms with Crippen molar-refractivity contribution in [2.75, 3.05) is 18.0 Å². The van der Waals surface area contributed by atoms with E-state index in [1.54, 1.807) is 0 Å². The normalized spacial score (nSPS) is 18.4. The molecule has 1 atom stereocenters. The lowest BCUT2D eigenvalue weighted by atomic mass is 9.92. The van der Waals surface area contributed by atoms with Gasteiger partial charge in [-0.1, -0.05) is 31.5 Å². The van der Waals surface area contributed by atoms with Crippen LogP contribution in [0, 0.1) is 5.92 Å². The molecular formula is C16H26N2. The van der Waals surface area contributed by atoms with E-state index in [2.05, 4.69) is 49.1 Å². The Morgan fingerprint density at radius 2 is 1.94 bits per heavy atom. The van der Waals surface area contributed by atoms with Gasteiger partial charge < -0.3 is 10.6 Å². The molecule has 0 saturated heterocycles. The summed E-state index contributed by atoms with van der Waals surface area (Å²) < 4.78 is 0. The Balaban J connectivity index is 2.23. The van der Waals surface area contributed by atoms with Crippen molar-refractivity contribution in [2.45, 2.75) is 45.1 Å². The van der Waals surface area contributed by atoms with E-state index in [9.17, 15) is 0 Å². The number of hydrogen-bond acceptors (Lipinski definition) is 2. The van der Waals surface area contributed by atoms with E-state index >= 15 is 0 Å². The third-order valence-corrected chi connectivity index (χ3v) is 4.29. The second kappa shape index (κ2) is 5.75. The van der Waals surface area contributed by atoms with Crippen LogP contribution < -0.4 is 10.6 Å². The summed E-state index contributed by atoms with van der Waals surface area (Å²) in [4.78, 5) is 2.55. The average Bonchev–Trinajstić information content (AvgIpc) is 3.24. The first kappa shape index (κ1) is 13.4. The fraction of sp³-hybridized carbons (Fsp3) is 0.625. The predicted octanol–water partition coefficient (Wildman–Crippen LogP) is 3.42. The van der Waals surface area contributed by atoms with Gasteiger partial charge in [0.1, 0.15) is 0 Å². The Bertz CT molecular complexity index is 359. The highest BCUT2D eigenvalue weighted by molar-refractivity contribution is 5.49. The van der Waals surface area contributed by atoms with Gasteiger partial charge in [-0.15, -0.1) is 0 Å². The highest BCUT2D eigenvalue weighted by atomic mass is 15.2. The van der Waals surface area contributed by atoms with E-state index in [1.807, 2.05) is 0 Å². The molecule has 2 heteroatoms. The van der Waals surface area contributed by atoms with Crippen molar-refractivity contribution in [3.63, 3.8) is 0 Å². The smallest absolute Gasteiger partial charge is 0.0524 e. The molecule has 1 fully saturated rings. The fourth-order valence-electron chi connectivity index (χ4n) is 2.81. The van der Waals surface area contributed by atoms with Crippen molar-refractivity contribution in [3.05, 3.63) is 30.3 Å². The van der Waals surface area contributed by atoms with E-state index in [0.29, 0.717) is 0 Å². The Hall–Kier alpha value is -1.02. The van der Waals surface area contributed by atoms with E-state index in [-0.39, 0.29) is 5.54 Å². The summed E-state index contributed by atoms with van der Waals surface area (Å²) in [6.45, 7) is 6.45. The minimum Gasteiger partial charge on any atom is -0.365 e. The predicted molar refractivity (Wildman–Crippen MR) is 78.9 cm³/mol. The molecule has 1 unspecified atom stereocenters. The molecule has 0 aromatic heterocycles. The number of benzene rings is 1. The Morgan fingerprint density at radius 3 is 2.44 bits per heavy atom. The van der Waals surface area contributed by atoms with E-state index in [0.717, 1.165) is 19.0 Å². The van der Waals surface area contributed by atoms with Gasteiger partial charge in [-0.25, -0.2) is 0 Å². The number of rotatable bonds is 7. The van der Waals surface area contributed by atoms with E-state index in [4.69, 9.17) is 5.73 Å². The Kier molecular flexibility index (Phi) is 4.28. The number of nitrogens with two attached hydrogens (primary N) is 1. The lowest BCUT2D eigenvalue weighted by molar-refractivity contribution is 0.375. The Morgan fingerprint density at radius 1 is 1.28 bits per heavy atom. The van der Waals surface area contributed by atoms with Gasteiger partial charge in [0.2, 0.25) is 0 Å². The number of nitrogens with zero attached hydrogens (tertiary/aromatic N) is 1. The van der Waals surface area contributed by atoms with Crippen LogP contribution in [-0.4, -0.2) is 18.6 Å². The van der Waals surface area contributed by atoms with Gasteiger partial charge in [-0.05, 0) is 44.2 Å². The summed E-state index contributed by atoms with van der Waals surface area (Å²) in [6, 6.07) is 10.8. The molecule has 2 rings (SSSR count). The number of unbranched alkanes of at least 4 members (excludes halogenated alkanes) is 1. The van der Waals surface area contributed by atoms with Gasteiger partial charge in [0.15, 0.2) is 0 Å². The molecule has 0 radical (unpaired) electrons. The van der Waals surface area contributed by atoms with Crippen LogP contribution in [-0.2, 0) is 0 Å². The maximum absolute atomic E-state index is 6.12. The summed E-state index contributed by atoms with van der Waals surface area (Å²) in [5.41, 5.74) is 7.58. The van der Waals surface area contributed by atoms with Crippen molar-refractivity contribution in [2.24, 2.45) is 11.7 Å². The summed E-state index contributed by atoms with van der Waals surface area (Å²) in [5, 5.41) is 0. The fourth-order valence-corrected chi connectivity index (χ4v) is 2.81. The Labute approximate surface area is 111 Å². The summed E-state index contributed by atoms with van der Waals surface area (Å²) >= 11 is 0. The zero-order chi connectivity index (χ0) is 13.0. The van der Waals surface area contributed by atoms with Gasteiger partial charge in [0, 0.05) is 18.8 Å². The largest absolute Gasteiger partial charge is 0.365 e. The SMILES string of the molecule is CCCCN(c1ccccc1)C(C)(CN)C1CC1. The van der Waals surface area contributed by atoms with Gasteiger partial charge in [-0.3, -0.25) is 0 Å². The molecule has 18 heavy (non-hydrogen) atoms. The van der Waals surface area contributed by atoms with Crippen LogP contribution in [0.3, 0.4) is 0 Å². The number of para-hydroxylation sites is 1. The standard InChI is InChI=1S/C16H26N2/c1-3-4-12-18(15-8-6-5-7-9-15)16(2,13-17)14-10-11-14/h5-9,14H,3-4,10-13,17H2,1-2H3. The topological polar surface area (TPSA) is 29.3 Å². The van der Waals surface area contributed by atoms with Crippen molar-refractivity contribution in [3.8, 4) is 0 Å². The molecule has 1 aromatic rings. The highest BCUT2D eigenvalue weighted by Gasteiger charge is 2.44. The van der Waals surface area contributed by atoms with Crippen LogP contribution in [0.2, 0.25) is 0 Å². The monoisotopic (exact) mass is 246 g/mol. The van der Waals surface area contributed by atoms with Crippen LogP contribution in [0.1, 0.15) is 39.5 Å². The highest BCUT2D eigenvalue weighted by Crippen LogP contribution is 2.44. The van der Waals surface area contributed by atoms with Crippen molar-refractivity contribution >= 4 is 5.69 Å². The molecule has 2 N–H and O–H groups in total. The first-order chi connectivity index (χ1) is 8.72. The molecule has 1 aliphatic rings. The van der Waals surface area contributed by atoms with Gasteiger partial charge in [-0.2, -0.15) is 0 Å². The van der Waals surface area contributed by atoms with Crippen molar-refractivity contribution in [1.82, 2.24) is 0 Å². The molecular weight excluding hydrogens is 220 g/mol. The van der Waals surface area contributed by atoms with Crippen molar-refractivity contribution < 1.29 is 0 Å². The lowest BCUT2D eigenvalue weighted by Gasteiger charge is -2.43. The van der Waals surface area contributed by atoms with Gasteiger partial charge in [0.05, 0.1) is 5.54 Å². The first-order valence-corrected chi connectivity index (χ1v) is 7.25. The summed E-state index contributed by atoms with van der Waals surface area (Å²) in [5.74, 6) is 0.777. The average molecular weight is 246 g/mol. The zero-order valence-corrected chi connectivity index (χ0v) is 11.7. The third-order valence-electron chi connectivity index (χ3n) is 4.29. The lowest BCUT2D eigenvalue weighted by Crippen LogP contribution is -2.54. The first-order valence-electron chi connectivity index (χ1n) is 7.25. The third kappa shape index (κ3) is 2.69. The van der Waals surface area contributed by atoms with Crippen LogP contribution in [0.5, 0.6) is 0 Å². The van der Waals surface area contributed by atoms with E-state index in [1.165, 1.54) is 31.4 Å². The molecule has 0 heterocycles. The molecule has 1 saturated carbocycles. The summed E-state index contributed by atoms with van der Waals surface area (Å²) in [7, 11) is 0. The molecule has 1 aromatic carbocycles. The van der Waals surface area contributed by atoms with Crippen LogP contribution in [0.15, 0.2) is 30.3 Å². The maximum atomic E-state index is 6.12. The summed E-state index contributed by atoms with van der Waals surface area (Å²) in [6.07, 6.45) is 5.14. The van der Waals surface area contributed by atoms with Crippen LogP contribution in [0.4, 0.5) is 5.69 Å². The van der Waals surface area contributed by atoms with Gasteiger partial charge in [0.25, 0.3) is 0 Å². The van der Waals surface area contributed by atoms with Crippen LogP contribution in [0.25, 0.3) is 0 Å². The number of anilines is 1. The number of hydrogen-bond donors (Lipinski definition) is 1. The van der Waals surface area contributed by atoms with Crippen LogP contribution >= 0.6 is 0 Å². The molecule has 0 amide bonds. The van der Waals surface area contributed by atoms with Crippen molar-refractivity contribution in [1.29, 1.82) is 0 Å². The quantitative estimate of drug-likeness (QED) is 0.798. The molecule has 0 spiro atoms. The van der Waals surface area contributed by atoms with Gasteiger partial charge >= 0.3 is 0 Å². The second-order valence-electron chi connectivity index (χ2n) is 5.68. The molecule has 0 aliphatic heterocycles. The zero-order valence-electron chi connectivity index (χ0n) is 11.7. The molecule has 2 nitrogen and oxygen atoms in total. The maximum Gasteiger partial charge on any atom is 0.0524 e. The second-order valence-corrected chi connectivity index (χ2v) is 5.68. The minimum absolute atomic E-state index is 0.135. The molecule has 1 aliphatic carbocycles. The minimum atomic E-state index is 0.135.